The number of hydrogen-bond donors (Lipinski definition) is 0. The minimum absolute atomic E-state index is 0.0479. The van der Waals surface area contributed by atoms with E-state index in [9.17, 15) is 0 Å². The quantitative estimate of drug-likeness (QED) is 0.263. The summed E-state index contributed by atoms with van der Waals surface area (Å²) in [4.78, 5) is 0. The maximum Gasteiger partial charge on any atom is 0.0550 e. The van der Waals surface area contributed by atoms with Crippen molar-refractivity contribution in [3.63, 3.8) is 0 Å². The molecule has 0 saturated heterocycles. The van der Waals surface area contributed by atoms with Gasteiger partial charge >= 0.3 is 0 Å². The van der Waals surface area contributed by atoms with Crippen LogP contribution in [0.25, 0.3) is 38.6 Å². The third-order valence-corrected chi connectivity index (χ3v) is 6.70. The Balaban J connectivity index is 2.01. The predicted molar refractivity (Wildman–Crippen MR) is 144 cm³/mol. The van der Waals surface area contributed by atoms with Crippen molar-refractivity contribution in [3.8, 4) is 16.8 Å². The van der Waals surface area contributed by atoms with E-state index < -0.39 is 0 Å². The second-order valence-electron chi connectivity index (χ2n) is 11.2. The molecule has 0 fully saturated rings. The molecule has 0 radical (unpaired) electrons. The zero-order valence-electron chi connectivity index (χ0n) is 20.6. The van der Waals surface area contributed by atoms with Gasteiger partial charge in [-0.25, -0.2) is 0 Å². The summed E-state index contributed by atoms with van der Waals surface area (Å²) in [6.07, 6.45) is 0. The van der Waals surface area contributed by atoms with Gasteiger partial charge in [0.2, 0.25) is 0 Å². The van der Waals surface area contributed by atoms with Gasteiger partial charge in [0.25, 0.3) is 0 Å². The molecule has 0 bridgehead atoms. The van der Waals surface area contributed by atoms with Crippen LogP contribution in [-0.2, 0) is 10.8 Å². The van der Waals surface area contributed by atoms with Gasteiger partial charge in [0.05, 0.1) is 11.0 Å². The minimum Gasteiger partial charge on any atom is -0.309 e. The maximum atomic E-state index is 2.46. The van der Waals surface area contributed by atoms with Gasteiger partial charge in [0.1, 0.15) is 0 Å². The van der Waals surface area contributed by atoms with Crippen molar-refractivity contribution in [2.75, 3.05) is 0 Å². The van der Waals surface area contributed by atoms with Crippen LogP contribution in [0.4, 0.5) is 0 Å². The summed E-state index contributed by atoms with van der Waals surface area (Å²) in [6.45, 7) is 13.8. The Morgan fingerprint density at radius 1 is 0.545 bits per heavy atom. The third kappa shape index (κ3) is 3.76. The van der Waals surface area contributed by atoms with Gasteiger partial charge < -0.3 is 4.57 Å². The summed E-state index contributed by atoms with van der Waals surface area (Å²) in [5, 5.41) is 2.63. The summed E-state index contributed by atoms with van der Waals surface area (Å²) in [5.41, 5.74) is 9.16. The highest BCUT2D eigenvalue weighted by Crippen LogP contribution is 2.42. The second kappa shape index (κ2) is 7.63. The number of rotatable bonds is 2. The summed E-state index contributed by atoms with van der Waals surface area (Å²) >= 11 is 0. The van der Waals surface area contributed by atoms with Crippen molar-refractivity contribution in [1.29, 1.82) is 0 Å². The first kappa shape index (κ1) is 21.5. The molecule has 0 saturated carbocycles. The zero-order valence-corrected chi connectivity index (χ0v) is 20.6. The highest BCUT2D eigenvalue weighted by Gasteiger charge is 2.23. The number of para-hydroxylation sites is 1. The van der Waals surface area contributed by atoms with E-state index in [0.717, 1.165) is 0 Å². The standard InChI is InChI=1S/C32H33N/c1-31(2,3)23-17-18-26-28(20-23)33(25-15-11-8-12-16-25)29-21-24(32(4,5)6)19-27(30(26)29)22-13-9-7-10-14-22/h7-21H,1-6H3. The van der Waals surface area contributed by atoms with Gasteiger partial charge in [-0.05, 0) is 63.4 Å². The lowest BCUT2D eigenvalue weighted by atomic mass is 9.83. The summed E-state index contributed by atoms with van der Waals surface area (Å²) in [6, 6.07) is 33.5. The van der Waals surface area contributed by atoms with Crippen LogP contribution in [0.15, 0.2) is 91.0 Å². The van der Waals surface area contributed by atoms with Crippen molar-refractivity contribution >= 4 is 21.8 Å². The first-order chi connectivity index (χ1) is 15.6. The van der Waals surface area contributed by atoms with Gasteiger partial charge in [-0.2, -0.15) is 0 Å². The van der Waals surface area contributed by atoms with E-state index in [1.54, 1.807) is 0 Å². The molecule has 0 aliphatic heterocycles. The summed E-state index contributed by atoms with van der Waals surface area (Å²) < 4.78 is 2.46. The molecule has 5 rings (SSSR count). The largest absolute Gasteiger partial charge is 0.309 e. The van der Waals surface area contributed by atoms with Gasteiger partial charge in [0, 0.05) is 16.5 Å². The molecular weight excluding hydrogens is 398 g/mol. The van der Waals surface area contributed by atoms with Crippen molar-refractivity contribution in [3.05, 3.63) is 102 Å². The first-order valence-electron chi connectivity index (χ1n) is 11.9. The first-order valence-corrected chi connectivity index (χ1v) is 11.9. The van der Waals surface area contributed by atoms with E-state index in [2.05, 4.69) is 137 Å². The maximum absolute atomic E-state index is 2.46. The van der Waals surface area contributed by atoms with E-state index in [0.29, 0.717) is 0 Å². The Kier molecular flexibility index (Phi) is 4.97. The average molecular weight is 432 g/mol. The van der Waals surface area contributed by atoms with Gasteiger partial charge in [0.15, 0.2) is 0 Å². The third-order valence-electron chi connectivity index (χ3n) is 6.70. The number of benzene rings is 4. The lowest BCUT2D eigenvalue weighted by Gasteiger charge is -2.21. The molecule has 4 aromatic carbocycles. The van der Waals surface area contributed by atoms with Crippen LogP contribution >= 0.6 is 0 Å². The lowest BCUT2D eigenvalue weighted by Crippen LogP contribution is -2.11. The molecule has 1 heteroatoms. The van der Waals surface area contributed by atoms with Gasteiger partial charge in [-0.3, -0.25) is 0 Å². The zero-order chi connectivity index (χ0) is 23.4. The van der Waals surface area contributed by atoms with Crippen LogP contribution in [0.1, 0.15) is 52.7 Å². The molecule has 0 aliphatic rings. The molecule has 1 heterocycles. The van der Waals surface area contributed by atoms with Crippen LogP contribution in [0.3, 0.4) is 0 Å². The molecule has 0 aliphatic carbocycles. The highest BCUT2D eigenvalue weighted by molar-refractivity contribution is 6.16. The Bertz CT molecular complexity index is 1440. The minimum atomic E-state index is 0.0479. The van der Waals surface area contributed by atoms with Crippen molar-refractivity contribution in [2.45, 2.75) is 52.4 Å². The Morgan fingerprint density at radius 2 is 1.12 bits per heavy atom. The van der Waals surface area contributed by atoms with E-state index in [4.69, 9.17) is 0 Å². The summed E-state index contributed by atoms with van der Waals surface area (Å²) in [5.74, 6) is 0. The fourth-order valence-corrected chi connectivity index (χ4v) is 4.74. The van der Waals surface area contributed by atoms with E-state index in [1.807, 2.05) is 0 Å². The molecular formula is C32H33N. The highest BCUT2D eigenvalue weighted by atomic mass is 15.0. The number of hydrogen-bond acceptors (Lipinski definition) is 0. The Hall–Kier alpha value is -3.32. The SMILES string of the molecule is CC(C)(C)c1ccc2c3c(-c4ccccc4)cc(C(C)(C)C)cc3n(-c3ccccc3)c2c1. The van der Waals surface area contributed by atoms with Crippen LogP contribution in [0.2, 0.25) is 0 Å². The monoisotopic (exact) mass is 431 g/mol. The second-order valence-corrected chi connectivity index (χ2v) is 11.2. The van der Waals surface area contributed by atoms with E-state index >= 15 is 0 Å². The topological polar surface area (TPSA) is 4.93 Å². The predicted octanol–water partition coefficient (Wildman–Crippen LogP) is 9.05. The molecule has 1 nitrogen and oxygen atoms in total. The molecule has 0 spiro atoms. The van der Waals surface area contributed by atoms with Crippen molar-refractivity contribution in [2.24, 2.45) is 0 Å². The fourth-order valence-electron chi connectivity index (χ4n) is 4.74. The smallest absolute Gasteiger partial charge is 0.0550 e. The fraction of sp³-hybridized carbons (Fsp3) is 0.250. The van der Waals surface area contributed by atoms with E-state index in [1.165, 1.54) is 49.7 Å². The lowest BCUT2D eigenvalue weighted by molar-refractivity contribution is 0.591. The molecule has 166 valence electrons. The number of nitrogens with zero attached hydrogens (tertiary/aromatic N) is 1. The molecule has 33 heavy (non-hydrogen) atoms. The number of fused-ring (bicyclic) bond motifs is 3. The normalized spacial score (nSPS) is 12.5. The van der Waals surface area contributed by atoms with Crippen LogP contribution in [-0.4, -0.2) is 4.57 Å². The number of aromatic nitrogens is 1. The molecule has 1 aromatic heterocycles. The average Bonchev–Trinajstić information content (AvgIpc) is 3.12. The molecule has 0 atom stereocenters. The Labute approximate surface area is 197 Å². The van der Waals surface area contributed by atoms with Crippen molar-refractivity contribution < 1.29 is 0 Å². The van der Waals surface area contributed by atoms with Crippen LogP contribution in [0.5, 0.6) is 0 Å². The molecule has 0 unspecified atom stereocenters. The Morgan fingerprint density at radius 3 is 1.73 bits per heavy atom. The van der Waals surface area contributed by atoms with Gasteiger partial charge in [-0.15, -0.1) is 0 Å². The molecule has 0 N–H and O–H groups in total. The summed E-state index contributed by atoms with van der Waals surface area (Å²) in [7, 11) is 0. The van der Waals surface area contributed by atoms with Gasteiger partial charge in [-0.1, -0.05) is 102 Å². The molecule has 5 aromatic rings. The van der Waals surface area contributed by atoms with Crippen LogP contribution < -0.4 is 0 Å². The molecule has 0 amide bonds. The van der Waals surface area contributed by atoms with Crippen LogP contribution in [0, 0.1) is 0 Å². The van der Waals surface area contributed by atoms with Crippen molar-refractivity contribution in [1.82, 2.24) is 4.57 Å². The van der Waals surface area contributed by atoms with E-state index in [-0.39, 0.29) is 10.8 Å².